The molecule has 0 bridgehead atoms. The van der Waals surface area contributed by atoms with Gasteiger partial charge in [-0.1, -0.05) is 24.8 Å². The molecule has 0 fully saturated rings. The van der Waals surface area contributed by atoms with E-state index in [9.17, 15) is 0 Å². The van der Waals surface area contributed by atoms with E-state index in [1.54, 1.807) is 13.2 Å². The summed E-state index contributed by atoms with van der Waals surface area (Å²) in [7, 11) is 1.62. The molecule has 0 N–H and O–H groups in total. The number of aliphatic imine (C=N–C) groups is 1. The molecule has 0 saturated heterocycles. The maximum Gasteiger partial charge on any atom is 0.175 e. The van der Waals surface area contributed by atoms with E-state index in [2.05, 4.69) is 47.4 Å². The molecule has 2 aromatic carbocycles. The van der Waals surface area contributed by atoms with E-state index < -0.39 is 0 Å². The molecular formula is C19H20BrNO2. The number of aryl methyl sites for hydroxylation is 1. The highest BCUT2D eigenvalue weighted by atomic mass is 79.9. The normalized spacial score (nSPS) is 10.8. The highest BCUT2D eigenvalue weighted by Crippen LogP contribution is 2.36. The Bertz CT molecular complexity index is 738. The van der Waals surface area contributed by atoms with Gasteiger partial charge in [-0.15, -0.1) is 0 Å². The average molecular weight is 374 g/mol. The van der Waals surface area contributed by atoms with E-state index in [0.29, 0.717) is 18.1 Å². The fourth-order valence-electron chi connectivity index (χ4n) is 2.12. The SMILES string of the molecule is C=CCOc1c(Br)cc(C=Nc2cccc(C)c2C)cc1OC. The van der Waals surface area contributed by atoms with Gasteiger partial charge in [0, 0.05) is 6.21 Å². The predicted molar refractivity (Wildman–Crippen MR) is 99.6 cm³/mol. The summed E-state index contributed by atoms with van der Waals surface area (Å²) in [5.74, 6) is 1.32. The molecule has 2 aromatic rings. The van der Waals surface area contributed by atoms with E-state index in [4.69, 9.17) is 9.47 Å². The molecule has 0 spiro atoms. The van der Waals surface area contributed by atoms with Crippen LogP contribution in [0.1, 0.15) is 16.7 Å². The van der Waals surface area contributed by atoms with Crippen LogP contribution < -0.4 is 9.47 Å². The Morgan fingerprint density at radius 1 is 1.26 bits per heavy atom. The van der Waals surface area contributed by atoms with Crippen molar-refractivity contribution < 1.29 is 9.47 Å². The van der Waals surface area contributed by atoms with Crippen molar-refractivity contribution in [2.75, 3.05) is 13.7 Å². The first-order valence-corrected chi connectivity index (χ1v) is 8.07. The van der Waals surface area contributed by atoms with E-state index in [0.717, 1.165) is 15.7 Å². The van der Waals surface area contributed by atoms with Crippen LogP contribution in [-0.4, -0.2) is 19.9 Å². The van der Waals surface area contributed by atoms with Gasteiger partial charge in [0.15, 0.2) is 11.5 Å². The summed E-state index contributed by atoms with van der Waals surface area (Å²) in [5.41, 5.74) is 4.31. The third kappa shape index (κ3) is 4.23. The monoisotopic (exact) mass is 373 g/mol. The molecule has 4 heteroatoms. The number of ether oxygens (including phenoxy) is 2. The van der Waals surface area contributed by atoms with Crippen molar-refractivity contribution in [3.63, 3.8) is 0 Å². The van der Waals surface area contributed by atoms with Gasteiger partial charge in [-0.25, -0.2) is 0 Å². The fraction of sp³-hybridized carbons (Fsp3) is 0.211. The van der Waals surface area contributed by atoms with Crippen LogP contribution in [0.5, 0.6) is 11.5 Å². The zero-order valence-electron chi connectivity index (χ0n) is 13.6. The standard InChI is InChI=1S/C19H20BrNO2/c1-5-9-23-19-16(20)10-15(11-18(19)22-4)12-21-17-8-6-7-13(2)14(17)3/h5-8,10-12H,1,9H2,2-4H3. The number of benzene rings is 2. The van der Waals surface area contributed by atoms with Gasteiger partial charge >= 0.3 is 0 Å². The smallest absolute Gasteiger partial charge is 0.175 e. The Kier molecular flexibility index (Phi) is 5.99. The molecule has 0 saturated carbocycles. The van der Waals surface area contributed by atoms with Gasteiger partial charge in [0.2, 0.25) is 0 Å². The summed E-state index contributed by atoms with van der Waals surface area (Å²) >= 11 is 3.52. The average Bonchev–Trinajstić information content (AvgIpc) is 2.54. The number of halogens is 1. The second-order valence-electron chi connectivity index (χ2n) is 5.11. The molecule has 0 aromatic heterocycles. The van der Waals surface area contributed by atoms with Gasteiger partial charge in [-0.05, 0) is 64.7 Å². The van der Waals surface area contributed by atoms with Crippen molar-refractivity contribution in [2.45, 2.75) is 13.8 Å². The largest absolute Gasteiger partial charge is 0.493 e. The molecular weight excluding hydrogens is 354 g/mol. The first kappa shape index (κ1) is 17.3. The lowest BCUT2D eigenvalue weighted by atomic mass is 10.1. The quantitative estimate of drug-likeness (QED) is 0.501. The Morgan fingerprint density at radius 2 is 2.04 bits per heavy atom. The summed E-state index contributed by atoms with van der Waals surface area (Å²) in [5, 5.41) is 0. The van der Waals surface area contributed by atoms with E-state index in [1.165, 1.54) is 11.1 Å². The van der Waals surface area contributed by atoms with Crippen molar-refractivity contribution >= 4 is 27.8 Å². The lowest BCUT2D eigenvalue weighted by molar-refractivity contribution is 0.324. The van der Waals surface area contributed by atoms with Gasteiger partial charge < -0.3 is 9.47 Å². The summed E-state index contributed by atoms with van der Waals surface area (Å²) in [4.78, 5) is 4.59. The second-order valence-corrected chi connectivity index (χ2v) is 5.97. The number of methoxy groups -OCH3 is 1. The zero-order chi connectivity index (χ0) is 16.8. The molecule has 0 atom stereocenters. The molecule has 0 radical (unpaired) electrons. The third-order valence-electron chi connectivity index (χ3n) is 3.53. The Balaban J connectivity index is 2.33. The molecule has 0 aliphatic carbocycles. The number of hydrogen-bond acceptors (Lipinski definition) is 3. The Hall–Kier alpha value is -2.07. The van der Waals surface area contributed by atoms with Gasteiger partial charge in [-0.3, -0.25) is 4.99 Å². The highest BCUT2D eigenvalue weighted by molar-refractivity contribution is 9.10. The first-order valence-electron chi connectivity index (χ1n) is 7.28. The predicted octanol–water partition coefficient (Wildman–Crippen LogP) is 5.39. The van der Waals surface area contributed by atoms with Gasteiger partial charge in [0.05, 0.1) is 17.3 Å². The van der Waals surface area contributed by atoms with E-state index in [1.807, 2.05) is 30.5 Å². The molecule has 0 aliphatic rings. The lowest BCUT2D eigenvalue weighted by Gasteiger charge is -2.12. The van der Waals surface area contributed by atoms with Gasteiger partial charge in [-0.2, -0.15) is 0 Å². The van der Waals surface area contributed by atoms with Crippen molar-refractivity contribution in [2.24, 2.45) is 4.99 Å². The van der Waals surface area contributed by atoms with Crippen LogP contribution in [0.15, 0.2) is 52.5 Å². The van der Waals surface area contributed by atoms with Crippen LogP contribution in [0.3, 0.4) is 0 Å². The zero-order valence-corrected chi connectivity index (χ0v) is 15.2. The maximum atomic E-state index is 5.63. The molecule has 0 aliphatic heterocycles. The van der Waals surface area contributed by atoms with Crippen molar-refractivity contribution in [1.82, 2.24) is 0 Å². The topological polar surface area (TPSA) is 30.8 Å². The third-order valence-corrected chi connectivity index (χ3v) is 4.12. The number of nitrogens with zero attached hydrogens (tertiary/aromatic N) is 1. The Labute approximate surface area is 145 Å². The van der Waals surface area contributed by atoms with Crippen LogP contribution in [0.25, 0.3) is 0 Å². The summed E-state index contributed by atoms with van der Waals surface area (Å²) in [6.07, 6.45) is 3.52. The van der Waals surface area contributed by atoms with Crippen LogP contribution in [-0.2, 0) is 0 Å². The summed E-state index contributed by atoms with van der Waals surface area (Å²) < 4.78 is 11.9. The minimum atomic E-state index is 0.422. The molecule has 0 amide bonds. The van der Waals surface area contributed by atoms with Crippen LogP contribution >= 0.6 is 15.9 Å². The van der Waals surface area contributed by atoms with Crippen LogP contribution in [0.2, 0.25) is 0 Å². The minimum absolute atomic E-state index is 0.422. The molecule has 120 valence electrons. The van der Waals surface area contributed by atoms with Gasteiger partial charge in [0.1, 0.15) is 6.61 Å². The number of rotatable bonds is 6. The molecule has 0 heterocycles. The minimum Gasteiger partial charge on any atom is -0.493 e. The van der Waals surface area contributed by atoms with E-state index >= 15 is 0 Å². The lowest BCUT2D eigenvalue weighted by Crippen LogP contribution is -1.98. The van der Waals surface area contributed by atoms with E-state index in [-0.39, 0.29) is 0 Å². The van der Waals surface area contributed by atoms with Crippen LogP contribution in [0.4, 0.5) is 5.69 Å². The summed E-state index contributed by atoms with van der Waals surface area (Å²) in [6, 6.07) is 9.96. The Morgan fingerprint density at radius 3 is 2.74 bits per heavy atom. The molecule has 3 nitrogen and oxygen atoms in total. The van der Waals surface area contributed by atoms with Crippen molar-refractivity contribution in [3.8, 4) is 11.5 Å². The summed E-state index contributed by atoms with van der Waals surface area (Å²) in [6.45, 7) is 8.23. The second kappa shape index (κ2) is 7.97. The first-order chi connectivity index (χ1) is 11.1. The van der Waals surface area contributed by atoms with Crippen molar-refractivity contribution in [3.05, 3.63) is 64.1 Å². The highest BCUT2D eigenvalue weighted by Gasteiger charge is 2.10. The maximum absolute atomic E-state index is 5.63. The van der Waals surface area contributed by atoms with Gasteiger partial charge in [0.25, 0.3) is 0 Å². The molecule has 0 unspecified atom stereocenters. The van der Waals surface area contributed by atoms with Crippen molar-refractivity contribution in [1.29, 1.82) is 0 Å². The molecule has 23 heavy (non-hydrogen) atoms. The van der Waals surface area contributed by atoms with Crippen LogP contribution in [0, 0.1) is 13.8 Å². The molecule has 2 rings (SSSR count). The fourth-order valence-corrected chi connectivity index (χ4v) is 2.69. The number of hydrogen-bond donors (Lipinski definition) is 0.